The van der Waals surface area contributed by atoms with Gasteiger partial charge in [0.2, 0.25) is 0 Å². The molecule has 5 heteroatoms. The maximum Gasteiger partial charge on any atom is 0.123 e. The third-order valence-corrected chi connectivity index (χ3v) is 3.15. The van der Waals surface area contributed by atoms with Crippen LogP contribution in [0.4, 0.5) is 5.82 Å². The van der Waals surface area contributed by atoms with E-state index in [4.69, 9.17) is 22.1 Å². The van der Waals surface area contributed by atoms with Gasteiger partial charge in [-0.2, -0.15) is 0 Å². The van der Waals surface area contributed by atoms with Gasteiger partial charge in [0.1, 0.15) is 5.82 Å². The van der Waals surface area contributed by atoms with Crippen LogP contribution in [-0.2, 0) is 11.3 Å². The van der Waals surface area contributed by atoms with E-state index in [1.54, 1.807) is 12.1 Å². The molecule has 2 N–H and O–H groups in total. The van der Waals surface area contributed by atoms with Gasteiger partial charge in [0.15, 0.2) is 0 Å². The molecule has 17 heavy (non-hydrogen) atoms. The number of nitrogens with zero attached hydrogens (tertiary/aromatic N) is 2. The van der Waals surface area contributed by atoms with Gasteiger partial charge in [-0.25, -0.2) is 4.98 Å². The summed E-state index contributed by atoms with van der Waals surface area (Å²) in [5.41, 5.74) is 6.51. The lowest BCUT2D eigenvalue weighted by Gasteiger charge is -2.35. The maximum atomic E-state index is 6.11. The second kappa shape index (κ2) is 5.21. The number of hydrogen-bond donors (Lipinski definition) is 1. The zero-order valence-electron chi connectivity index (χ0n) is 10.2. The fraction of sp³-hybridized carbons (Fsp3) is 0.583. The van der Waals surface area contributed by atoms with Gasteiger partial charge in [-0.3, -0.25) is 4.90 Å². The van der Waals surface area contributed by atoms with Crippen LogP contribution in [0.1, 0.15) is 19.5 Å². The number of aromatic nitrogens is 1. The highest BCUT2D eigenvalue weighted by molar-refractivity contribution is 6.31. The molecule has 0 saturated carbocycles. The van der Waals surface area contributed by atoms with E-state index in [9.17, 15) is 0 Å². The number of nitrogens with two attached hydrogens (primary N) is 1. The van der Waals surface area contributed by atoms with Crippen molar-refractivity contribution in [1.82, 2.24) is 9.88 Å². The first-order chi connectivity index (χ1) is 8.04. The fourth-order valence-electron chi connectivity index (χ4n) is 2.24. The molecule has 1 aromatic heterocycles. The zero-order chi connectivity index (χ0) is 12.4. The molecule has 1 fully saturated rings. The monoisotopic (exact) mass is 255 g/mol. The SMILES string of the molecule is CC1CN(Cc2nc(N)ccc2Cl)CC(C)O1. The lowest BCUT2D eigenvalue weighted by Crippen LogP contribution is -2.45. The average molecular weight is 256 g/mol. The number of ether oxygens (including phenoxy) is 1. The number of pyridine rings is 1. The minimum atomic E-state index is 0.249. The molecule has 0 bridgehead atoms. The van der Waals surface area contributed by atoms with Gasteiger partial charge in [0, 0.05) is 19.6 Å². The molecule has 1 aliphatic heterocycles. The van der Waals surface area contributed by atoms with Crippen LogP contribution in [0.25, 0.3) is 0 Å². The molecular formula is C12H18ClN3O. The second-order valence-electron chi connectivity index (χ2n) is 4.62. The minimum Gasteiger partial charge on any atom is -0.384 e. The van der Waals surface area contributed by atoms with Gasteiger partial charge in [0.05, 0.1) is 22.9 Å². The van der Waals surface area contributed by atoms with Crippen LogP contribution >= 0.6 is 11.6 Å². The largest absolute Gasteiger partial charge is 0.384 e. The molecule has 0 amide bonds. The average Bonchev–Trinajstić information content (AvgIpc) is 2.22. The topological polar surface area (TPSA) is 51.4 Å². The summed E-state index contributed by atoms with van der Waals surface area (Å²) >= 11 is 6.11. The van der Waals surface area contributed by atoms with Gasteiger partial charge >= 0.3 is 0 Å². The number of morpholine rings is 1. The van der Waals surface area contributed by atoms with Crippen molar-refractivity contribution in [2.75, 3.05) is 18.8 Å². The number of anilines is 1. The van der Waals surface area contributed by atoms with Crippen LogP contribution in [0.5, 0.6) is 0 Å². The summed E-state index contributed by atoms with van der Waals surface area (Å²) in [6.45, 7) is 6.68. The Hall–Kier alpha value is -0.840. The van der Waals surface area contributed by atoms with E-state index in [1.165, 1.54) is 0 Å². The first-order valence-corrected chi connectivity index (χ1v) is 6.21. The summed E-state index contributed by atoms with van der Waals surface area (Å²) in [6.07, 6.45) is 0.497. The first-order valence-electron chi connectivity index (χ1n) is 5.83. The highest BCUT2D eigenvalue weighted by Gasteiger charge is 2.23. The standard InChI is InChI=1S/C12H18ClN3O/c1-8-5-16(6-9(2)17-8)7-11-10(13)3-4-12(14)15-11/h3-4,8-9H,5-7H2,1-2H3,(H2,14,15). The number of hydrogen-bond acceptors (Lipinski definition) is 4. The van der Waals surface area contributed by atoms with Gasteiger partial charge in [-0.15, -0.1) is 0 Å². The van der Waals surface area contributed by atoms with E-state index in [1.807, 2.05) is 0 Å². The predicted molar refractivity (Wildman–Crippen MR) is 68.9 cm³/mol. The summed E-state index contributed by atoms with van der Waals surface area (Å²) in [4.78, 5) is 6.58. The summed E-state index contributed by atoms with van der Waals surface area (Å²) in [5, 5.41) is 0.672. The molecule has 2 rings (SSSR count). The minimum absolute atomic E-state index is 0.249. The van der Waals surface area contributed by atoms with Crippen molar-refractivity contribution in [1.29, 1.82) is 0 Å². The van der Waals surface area contributed by atoms with Gasteiger partial charge < -0.3 is 10.5 Å². The van der Waals surface area contributed by atoms with E-state index >= 15 is 0 Å². The van der Waals surface area contributed by atoms with Crippen molar-refractivity contribution in [3.05, 3.63) is 22.8 Å². The molecule has 0 aliphatic carbocycles. The summed E-state index contributed by atoms with van der Waals surface area (Å²) < 4.78 is 5.69. The molecule has 0 spiro atoms. The number of halogens is 1. The first kappa shape index (κ1) is 12.6. The highest BCUT2D eigenvalue weighted by atomic mass is 35.5. The van der Waals surface area contributed by atoms with E-state index < -0.39 is 0 Å². The molecule has 1 saturated heterocycles. The third kappa shape index (κ3) is 3.31. The molecule has 0 aromatic carbocycles. The Morgan fingerprint density at radius 1 is 1.41 bits per heavy atom. The number of nitrogen functional groups attached to an aromatic ring is 1. The molecule has 94 valence electrons. The van der Waals surface area contributed by atoms with Crippen LogP contribution in [-0.4, -0.2) is 35.2 Å². The Labute approximate surface area is 107 Å². The lowest BCUT2D eigenvalue weighted by atomic mass is 10.2. The van der Waals surface area contributed by atoms with Crippen LogP contribution in [0, 0.1) is 0 Å². The van der Waals surface area contributed by atoms with Crippen LogP contribution in [0.3, 0.4) is 0 Å². The van der Waals surface area contributed by atoms with Crippen LogP contribution < -0.4 is 5.73 Å². The predicted octanol–water partition coefficient (Wildman–Crippen LogP) is 1.93. The number of rotatable bonds is 2. The highest BCUT2D eigenvalue weighted by Crippen LogP contribution is 2.19. The van der Waals surface area contributed by atoms with E-state index in [0.29, 0.717) is 10.8 Å². The van der Waals surface area contributed by atoms with Crippen molar-refractivity contribution in [2.24, 2.45) is 0 Å². The molecule has 0 radical (unpaired) electrons. The molecular weight excluding hydrogens is 238 g/mol. The van der Waals surface area contributed by atoms with E-state index in [0.717, 1.165) is 25.3 Å². The molecule has 2 unspecified atom stereocenters. The van der Waals surface area contributed by atoms with Gasteiger partial charge in [-0.05, 0) is 26.0 Å². The Balaban J connectivity index is 2.07. The molecule has 2 heterocycles. The molecule has 1 aromatic rings. The second-order valence-corrected chi connectivity index (χ2v) is 5.02. The third-order valence-electron chi connectivity index (χ3n) is 2.81. The molecule has 4 nitrogen and oxygen atoms in total. The van der Waals surface area contributed by atoms with Crippen molar-refractivity contribution in [3.63, 3.8) is 0 Å². The molecule has 2 atom stereocenters. The Morgan fingerprint density at radius 2 is 2.06 bits per heavy atom. The Kier molecular flexibility index (Phi) is 3.86. The summed E-state index contributed by atoms with van der Waals surface area (Å²) in [7, 11) is 0. The summed E-state index contributed by atoms with van der Waals surface area (Å²) in [6, 6.07) is 3.52. The van der Waals surface area contributed by atoms with Gasteiger partial charge in [-0.1, -0.05) is 11.6 Å². The Bertz CT molecular complexity index is 389. The lowest BCUT2D eigenvalue weighted by molar-refractivity contribution is -0.0707. The smallest absolute Gasteiger partial charge is 0.123 e. The van der Waals surface area contributed by atoms with Gasteiger partial charge in [0.25, 0.3) is 0 Å². The quantitative estimate of drug-likeness (QED) is 0.877. The van der Waals surface area contributed by atoms with Crippen molar-refractivity contribution < 1.29 is 4.74 Å². The maximum absolute atomic E-state index is 6.11. The van der Waals surface area contributed by atoms with Crippen molar-refractivity contribution >= 4 is 17.4 Å². The van der Waals surface area contributed by atoms with Crippen LogP contribution in [0.15, 0.2) is 12.1 Å². The molecule has 1 aliphatic rings. The zero-order valence-corrected chi connectivity index (χ0v) is 10.9. The fourth-order valence-corrected chi connectivity index (χ4v) is 2.40. The normalized spacial score (nSPS) is 26.1. The van der Waals surface area contributed by atoms with Crippen molar-refractivity contribution in [2.45, 2.75) is 32.6 Å². The van der Waals surface area contributed by atoms with Crippen molar-refractivity contribution in [3.8, 4) is 0 Å². The van der Waals surface area contributed by atoms with E-state index in [-0.39, 0.29) is 12.2 Å². The van der Waals surface area contributed by atoms with Crippen LogP contribution in [0.2, 0.25) is 5.02 Å². The summed E-state index contributed by atoms with van der Waals surface area (Å²) in [5.74, 6) is 0.513. The van der Waals surface area contributed by atoms with E-state index in [2.05, 4.69) is 23.7 Å². The Morgan fingerprint density at radius 3 is 2.71 bits per heavy atom.